The minimum absolute atomic E-state index is 0.0660. The fraction of sp³-hybridized carbons (Fsp3) is 0.677. The number of allylic oxidation sites excluding steroid dienone is 1. The van der Waals surface area contributed by atoms with Gasteiger partial charge in [-0.05, 0) is 74.6 Å². The van der Waals surface area contributed by atoms with Crippen molar-refractivity contribution in [1.82, 2.24) is 10.2 Å². The molecule has 2 amide bonds. The monoisotopic (exact) mass is 573 g/mol. The number of fused-ring (bicyclic) bond motifs is 2. The molecule has 1 aliphatic heterocycles. The minimum atomic E-state index is -1.75. The number of oxime groups is 1. The van der Waals surface area contributed by atoms with E-state index in [-0.39, 0.29) is 49.2 Å². The highest BCUT2D eigenvalue weighted by Gasteiger charge is 2.63. The highest BCUT2D eigenvalue weighted by Crippen LogP contribution is 2.60. The second-order valence-corrected chi connectivity index (χ2v) is 11.5. The van der Waals surface area contributed by atoms with E-state index in [9.17, 15) is 25.2 Å². The van der Waals surface area contributed by atoms with Gasteiger partial charge in [-0.15, -0.1) is 0 Å². The SMILES string of the molecule is CCCNC(=O)N(C)[C@H]1CC(=NOCC)C2=C[C@H](CCCCO)[C@@H](CCCCO)[C@@H]3c4cc(O)ccc4O[C@@]1(O)[C@H]23. The summed E-state index contributed by atoms with van der Waals surface area (Å²) in [6.45, 7) is 4.96. The van der Waals surface area contributed by atoms with Crippen molar-refractivity contribution in [2.24, 2.45) is 22.9 Å². The molecule has 1 aromatic carbocycles. The molecular weight excluding hydrogens is 526 g/mol. The number of unbranched alkanes of at least 4 members (excludes halogenated alkanes) is 2. The predicted molar refractivity (Wildman–Crippen MR) is 156 cm³/mol. The maximum Gasteiger partial charge on any atom is 0.317 e. The van der Waals surface area contributed by atoms with Gasteiger partial charge >= 0.3 is 6.03 Å². The lowest BCUT2D eigenvalue weighted by Crippen LogP contribution is -2.69. The Kier molecular flexibility index (Phi) is 10.5. The standard InChI is InChI=1S/C31H47N3O7/c1-4-14-32-30(38)34(3)27-19-25(33-40-5-2)23-17-20(10-6-8-15-35)22(11-7-9-16-36)28-24-18-21(37)12-13-26(24)41-31(27,39)29(23)28/h12-13,17-18,20,22,27-29,35-37,39H,4-11,14-16,19H2,1-3H3,(H,32,38)/t20-,22+,27-,28+,29+,31+/m0/s1. The Hall–Kier alpha value is -2.82. The van der Waals surface area contributed by atoms with Gasteiger partial charge in [0.05, 0.1) is 11.6 Å². The van der Waals surface area contributed by atoms with Crippen LogP contribution in [0.2, 0.25) is 0 Å². The summed E-state index contributed by atoms with van der Waals surface area (Å²) in [7, 11) is 1.67. The van der Waals surface area contributed by atoms with Crippen LogP contribution in [0.15, 0.2) is 35.0 Å². The smallest absolute Gasteiger partial charge is 0.317 e. The van der Waals surface area contributed by atoms with Gasteiger partial charge in [0.2, 0.25) is 5.79 Å². The number of phenolic OH excluding ortho intramolecular Hbond substituents is 1. The number of urea groups is 1. The molecule has 0 radical (unpaired) electrons. The molecule has 10 nitrogen and oxygen atoms in total. The molecule has 0 unspecified atom stereocenters. The van der Waals surface area contributed by atoms with E-state index in [1.54, 1.807) is 25.2 Å². The number of carbonyl (C=O) groups excluding carboxylic acids is 1. The maximum absolute atomic E-state index is 13.2. The summed E-state index contributed by atoms with van der Waals surface area (Å²) in [6, 6.07) is 3.92. The Morgan fingerprint density at radius 3 is 2.59 bits per heavy atom. The summed E-state index contributed by atoms with van der Waals surface area (Å²) < 4.78 is 6.48. The third kappa shape index (κ3) is 6.34. The predicted octanol–water partition coefficient (Wildman–Crippen LogP) is 3.89. The molecule has 1 heterocycles. The van der Waals surface area contributed by atoms with Crippen LogP contribution in [0.3, 0.4) is 0 Å². The average Bonchev–Trinajstić information content (AvgIpc) is 2.96. The zero-order valence-electron chi connectivity index (χ0n) is 24.6. The number of aromatic hydroxyl groups is 1. The molecule has 2 aliphatic carbocycles. The number of phenols is 1. The van der Waals surface area contributed by atoms with E-state index < -0.39 is 17.7 Å². The van der Waals surface area contributed by atoms with E-state index in [0.717, 1.165) is 43.2 Å². The molecule has 0 saturated heterocycles. The van der Waals surface area contributed by atoms with Crippen LogP contribution in [-0.2, 0) is 4.84 Å². The van der Waals surface area contributed by atoms with Gasteiger partial charge in [0, 0.05) is 44.7 Å². The lowest BCUT2D eigenvalue weighted by atomic mass is 9.55. The van der Waals surface area contributed by atoms with Crippen molar-refractivity contribution in [3.05, 3.63) is 35.4 Å². The van der Waals surface area contributed by atoms with Gasteiger partial charge in [0.25, 0.3) is 0 Å². The first-order chi connectivity index (χ1) is 19.8. The number of aliphatic hydroxyl groups excluding tert-OH is 2. The molecule has 5 N–H and O–H groups in total. The quantitative estimate of drug-likeness (QED) is 0.178. The molecule has 1 fully saturated rings. The molecule has 0 spiro atoms. The Bertz CT molecular complexity index is 1110. The highest BCUT2D eigenvalue weighted by molar-refractivity contribution is 6.02. The van der Waals surface area contributed by atoms with E-state index in [0.29, 0.717) is 37.5 Å². The molecule has 1 saturated carbocycles. The molecular formula is C31H47N3O7. The van der Waals surface area contributed by atoms with Crippen molar-refractivity contribution in [2.75, 3.05) is 33.4 Å². The molecule has 228 valence electrons. The van der Waals surface area contributed by atoms with Crippen molar-refractivity contribution in [1.29, 1.82) is 0 Å². The number of ether oxygens (including phenoxy) is 1. The van der Waals surface area contributed by atoms with E-state index >= 15 is 0 Å². The minimum Gasteiger partial charge on any atom is -0.508 e. The van der Waals surface area contributed by atoms with E-state index in [1.807, 2.05) is 13.8 Å². The summed E-state index contributed by atoms with van der Waals surface area (Å²) in [5.74, 6) is -1.77. The molecule has 1 aromatic rings. The van der Waals surface area contributed by atoms with Crippen molar-refractivity contribution in [3.8, 4) is 11.5 Å². The Balaban J connectivity index is 1.89. The van der Waals surface area contributed by atoms with Crippen LogP contribution in [0.5, 0.6) is 11.5 Å². The van der Waals surface area contributed by atoms with Gasteiger partial charge in [0.15, 0.2) is 0 Å². The lowest BCUT2D eigenvalue weighted by Gasteiger charge is -2.58. The number of nitrogens with zero attached hydrogens (tertiary/aromatic N) is 2. The van der Waals surface area contributed by atoms with E-state index in [4.69, 9.17) is 9.57 Å². The molecule has 4 rings (SSSR count). The van der Waals surface area contributed by atoms with Gasteiger partial charge in [-0.3, -0.25) is 0 Å². The maximum atomic E-state index is 13.2. The molecule has 6 atom stereocenters. The van der Waals surface area contributed by atoms with Gasteiger partial charge in [-0.25, -0.2) is 4.79 Å². The summed E-state index contributed by atoms with van der Waals surface area (Å²) in [5.41, 5.74) is 2.35. The summed E-state index contributed by atoms with van der Waals surface area (Å²) in [4.78, 5) is 20.3. The van der Waals surface area contributed by atoms with E-state index in [2.05, 4.69) is 16.5 Å². The topological polar surface area (TPSA) is 144 Å². The number of hydrogen-bond donors (Lipinski definition) is 5. The first kappa shape index (κ1) is 31.1. The molecule has 41 heavy (non-hydrogen) atoms. The van der Waals surface area contributed by atoms with Crippen LogP contribution in [0.1, 0.15) is 76.7 Å². The number of rotatable bonds is 13. The largest absolute Gasteiger partial charge is 0.508 e. The Morgan fingerprint density at radius 2 is 1.90 bits per heavy atom. The van der Waals surface area contributed by atoms with Gasteiger partial charge < -0.3 is 40.2 Å². The molecule has 3 aliphatic rings. The zero-order valence-corrected chi connectivity index (χ0v) is 24.6. The van der Waals surface area contributed by atoms with Gasteiger partial charge in [0.1, 0.15) is 24.1 Å². The number of likely N-dealkylation sites (N-methyl/N-ethyl adjacent to an activating group) is 1. The van der Waals surface area contributed by atoms with Crippen molar-refractivity contribution in [3.63, 3.8) is 0 Å². The zero-order chi connectivity index (χ0) is 29.6. The lowest BCUT2D eigenvalue weighted by molar-refractivity contribution is -0.226. The van der Waals surface area contributed by atoms with Crippen molar-refractivity contribution >= 4 is 11.7 Å². The van der Waals surface area contributed by atoms with Gasteiger partial charge in [-0.1, -0.05) is 31.0 Å². The Labute approximate surface area is 243 Å². The van der Waals surface area contributed by atoms with Crippen LogP contribution >= 0.6 is 0 Å². The van der Waals surface area contributed by atoms with Crippen molar-refractivity contribution < 1.29 is 34.8 Å². The number of aliphatic hydroxyl groups is 3. The summed E-state index contributed by atoms with van der Waals surface area (Å²) >= 11 is 0. The van der Waals surface area contributed by atoms with Gasteiger partial charge in [-0.2, -0.15) is 0 Å². The second-order valence-electron chi connectivity index (χ2n) is 11.5. The van der Waals surface area contributed by atoms with Crippen LogP contribution in [0.4, 0.5) is 4.79 Å². The Morgan fingerprint density at radius 1 is 1.17 bits per heavy atom. The summed E-state index contributed by atoms with van der Waals surface area (Å²) in [6.07, 6.45) is 7.88. The fourth-order valence-corrected chi connectivity index (χ4v) is 7.00. The second kappa shape index (κ2) is 13.9. The normalized spacial score (nSPS) is 29.2. The number of nitrogens with one attached hydrogen (secondary N) is 1. The number of hydrogen-bond acceptors (Lipinski definition) is 8. The summed E-state index contributed by atoms with van der Waals surface area (Å²) in [5, 5.41) is 49.6. The number of carbonyl (C=O) groups is 1. The van der Waals surface area contributed by atoms with Crippen molar-refractivity contribution in [2.45, 2.75) is 83.0 Å². The van der Waals surface area contributed by atoms with E-state index in [1.165, 1.54) is 4.90 Å². The van der Waals surface area contributed by atoms with Crippen LogP contribution in [0, 0.1) is 17.8 Å². The number of amides is 2. The number of benzene rings is 1. The average molecular weight is 574 g/mol. The molecule has 0 aromatic heterocycles. The van der Waals surface area contributed by atoms with Crippen LogP contribution in [0.25, 0.3) is 0 Å². The third-order valence-electron chi connectivity index (χ3n) is 8.88. The molecule has 10 heteroatoms. The van der Waals surface area contributed by atoms with Crippen LogP contribution < -0.4 is 10.1 Å². The third-order valence-corrected chi connectivity index (χ3v) is 8.88. The van der Waals surface area contributed by atoms with Crippen LogP contribution in [-0.4, -0.2) is 82.3 Å². The highest BCUT2D eigenvalue weighted by atomic mass is 16.6. The first-order valence-corrected chi connectivity index (χ1v) is 15.2. The fourth-order valence-electron chi connectivity index (χ4n) is 7.00. The molecule has 0 bridgehead atoms. The first-order valence-electron chi connectivity index (χ1n) is 15.2.